The number of nitrogens with zero attached hydrogens (tertiary/aromatic N) is 2. The Bertz CT molecular complexity index is 400. The van der Waals surface area contributed by atoms with Gasteiger partial charge in [-0.25, -0.2) is 13.8 Å². The summed E-state index contributed by atoms with van der Waals surface area (Å²) in [5.41, 5.74) is -1.99. The molecule has 0 bridgehead atoms. The van der Waals surface area contributed by atoms with Crippen molar-refractivity contribution < 1.29 is 18.8 Å². The summed E-state index contributed by atoms with van der Waals surface area (Å²) in [6, 6.07) is 0.876. The SMILES string of the molecule is O=[N+]([O-])c1cc(Br)nc(CO)c1C(F)F. The number of rotatable bonds is 3. The largest absolute Gasteiger partial charge is 0.390 e. The van der Waals surface area contributed by atoms with Crippen LogP contribution in [0.3, 0.4) is 0 Å². The van der Waals surface area contributed by atoms with Crippen molar-refractivity contribution in [1.82, 2.24) is 4.98 Å². The molecule has 0 aliphatic rings. The van der Waals surface area contributed by atoms with Gasteiger partial charge in [0.2, 0.25) is 0 Å². The normalized spacial score (nSPS) is 10.7. The van der Waals surface area contributed by atoms with E-state index in [4.69, 9.17) is 5.11 Å². The zero-order valence-electron chi connectivity index (χ0n) is 7.15. The van der Waals surface area contributed by atoms with Crippen LogP contribution >= 0.6 is 15.9 Å². The quantitative estimate of drug-likeness (QED) is 0.524. The first-order chi connectivity index (χ1) is 6.97. The second-order valence-corrected chi connectivity index (χ2v) is 3.35. The number of hydrogen-bond donors (Lipinski definition) is 1. The molecule has 0 saturated heterocycles. The molecule has 0 aliphatic heterocycles. The summed E-state index contributed by atoms with van der Waals surface area (Å²) < 4.78 is 25.0. The van der Waals surface area contributed by atoms with Crippen LogP contribution in [0.1, 0.15) is 17.7 Å². The lowest BCUT2D eigenvalue weighted by atomic mass is 10.1. The van der Waals surface area contributed by atoms with Crippen LogP contribution in [-0.2, 0) is 6.61 Å². The van der Waals surface area contributed by atoms with E-state index >= 15 is 0 Å². The molecule has 1 heterocycles. The highest BCUT2D eigenvalue weighted by atomic mass is 79.9. The molecule has 0 aliphatic carbocycles. The lowest BCUT2D eigenvalue weighted by Crippen LogP contribution is -2.04. The number of nitro groups is 1. The maximum Gasteiger partial charge on any atom is 0.282 e. The van der Waals surface area contributed by atoms with E-state index in [-0.39, 0.29) is 4.60 Å². The first kappa shape index (κ1) is 11.9. The van der Waals surface area contributed by atoms with Crippen molar-refractivity contribution in [3.8, 4) is 0 Å². The molecule has 82 valence electrons. The molecule has 0 spiro atoms. The monoisotopic (exact) mass is 282 g/mol. The number of aromatic nitrogens is 1. The highest BCUT2D eigenvalue weighted by Gasteiger charge is 2.27. The minimum absolute atomic E-state index is 0.0302. The van der Waals surface area contributed by atoms with E-state index in [2.05, 4.69) is 20.9 Å². The van der Waals surface area contributed by atoms with Gasteiger partial charge in [0.1, 0.15) is 10.2 Å². The van der Waals surface area contributed by atoms with Crippen LogP contribution in [-0.4, -0.2) is 15.0 Å². The van der Waals surface area contributed by atoms with Gasteiger partial charge in [0.15, 0.2) is 0 Å². The van der Waals surface area contributed by atoms with Crippen molar-refractivity contribution in [1.29, 1.82) is 0 Å². The molecule has 1 aromatic rings. The second-order valence-electron chi connectivity index (χ2n) is 2.54. The number of aliphatic hydroxyl groups excluding tert-OH is 1. The molecule has 1 N–H and O–H groups in total. The maximum atomic E-state index is 12.5. The number of hydrogen-bond acceptors (Lipinski definition) is 4. The summed E-state index contributed by atoms with van der Waals surface area (Å²) in [6.07, 6.45) is -3.05. The van der Waals surface area contributed by atoms with Crippen LogP contribution in [0, 0.1) is 10.1 Å². The van der Waals surface area contributed by atoms with Crippen LogP contribution in [0.4, 0.5) is 14.5 Å². The van der Waals surface area contributed by atoms with E-state index in [9.17, 15) is 18.9 Å². The molecule has 0 amide bonds. The smallest absolute Gasteiger partial charge is 0.282 e. The Balaban J connectivity index is 3.47. The van der Waals surface area contributed by atoms with E-state index < -0.39 is 34.9 Å². The summed E-state index contributed by atoms with van der Waals surface area (Å²) in [6.45, 7) is -0.778. The zero-order valence-corrected chi connectivity index (χ0v) is 8.74. The highest BCUT2D eigenvalue weighted by Crippen LogP contribution is 2.33. The van der Waals surface area contributed by atoms with E-state index in [0.717, 1.165) is 6.07 Å². The molecule has 0 unspecified atom stereocenters. The third kappa shape index (κ3) is 2.45. The van der Waals surface area contributed by atoms with Gasteiger partial charge in [-0.2, -0.15) is 0 Å². The van der Waals surface area contributed by atoms with Gasteiger partial charge < -0.3 is 5.11 Å². The Morgan fingerprint density at radius 3 is 2.67 bits per heavy atom. The molecule has 1 aromatic heterocycles. The van der Waals surface area contributed by atoms with Gasteiger partial charge in [-0.15, -0.1) is 0 Å². The molecule has 0 atom stereocenters. The third-order valence-electron chi connectivity index (χ3n) is 1.65. The molecule has 0 aromatic carbocycles. The van der Waals surface area contributed by atoms with Crippen molar-refractivity contribution in [3.63, 3.8) is 0 Å². The summed E-state index contributed by atoms with van der Waals surface area (Å²) in [7, 11) is 0. The van der Waals surface area contributed by atoms with Crippen molar-refractivity contribution in [2.45, 2.75) is 13.0 Å². The molecular weight excluding hydrogens is 278 g/mol. The van der Waals surface area contributed by atoms with Crippen molar-refractivity contribution in [3.05, 3.63) is 32.0 Å². The molecule has 0 saturated carbocycles. The van der Waals surface area contributed by atoms with Crippen LogP contribution in [0.15, 0.2) is 10.7 Å². The predicted octanol–water partition coefficient (Wildman–Crippen LogP) is 2.18. The summed E-state index contributed by atoms with van der Waals surface area (Å²) in [4.78, 5) is 13.1. The van der Waals surface area contributed by atoms with Gasteiger partial charge in [-0.05, 0) is 15.9 Å². The van der Waals surface area contributed by atoms with Crippen molar-refractivity contribution in [2.24, 2.45) is 0 Å². The molecular formula is C7H5BrF2N2O3. The van der Waals surface area contributed by atoms with Gasteiger partial charge in [0, 0.05) is 6.07 Å². The van der Waals surface area contributed by atoms with E-state index in [1.165, 1.54) is 0 Å². The van der Waals surface area contributed by atoms with Gasteiger partial charge in [-0.3, -0.25) is 10.1 Å². The molecule has 15 heavy (non-hydrogen) atoms. The summed E-state index contributed by atoms with van der Waals surface area (Å²) in [5, 5.41) is 19.2. The fraction of sp³-hybridized carbons (Fsp3) is 0.286. The Hall–Kier alpha value is -1.15. The fourth-order valence-corrected chi connectivity index (χ4v) is 1.50. The first-order valence-electron chi connectivity index (χ1n) is 3.70. The average Bonchev–Trinajstić information content (AvgIpc) is 2.15. The highest BCUT2D eigenvalue weighted by molar-refractivity contribution is 9.10. The summed E-state index contributed by atoms with van der Waals surface area (Å²) >= 11 is 2.83. The Morgan fingerprint density at radius 1 is 1.67 bits per heavy atom. The molecule has 1 rings (SSSR count). The van der Waals surface area contributed by atoms with Crippen LogP contribution in [0.25, 0.3) is 0 Å². The minimum atomic E-state index is -3.05. The lowest BCUT2D eigenvalue weighted by Gasteiger charge is -2.06. The van der Waals surface area contributed by atoms with Gasteiger partial charge in [0.25, 0.3) is 12.1 Å². The maximum absolute atomic E-state index is 12.5. The lowest BCUT2D eigenvalue weighted by molar-refractivity contribution is -0.386. The van der Waals surface area contributed by atoms with Crippen molar-refractivity contribution >= 4 is 21.6 Å². The number of pyridine rings is 1. The van der Waals surface area contributed by atoms with E-state index in [1.807, 2.05) is 0 Å². The zero-order chi connectivity index (χ0) is 11.6. The molecule has 0 fully saturated rings. The fourth-order valence-electron chi connectivity index (χ4n) is 1.07. The number of alkyl halides is 2. The molecule has 5 nitrogen and oxygen atoms in total. The second kappa shape index (κ2) is 4.58. The Labute approximate surface area is 91.0 Å². The Morgan fingerprint density at radius 2 is 2.27 bits per heavy atom. The van der Waals surface area contributed by atoms with Crippen LogP contribution < -0.4 is 0 Å². The Kier molecular flexibility index (Phi) is 3.64. The average molecular weight is 283 g/mol. The number of aliphatic hydroxyl groups is 1. The minimum Gasteiger partial charge on any atom is -0.390 e. The predicted molar refractivity (Wildman–Crippen MR) is 49.5 cm³/mol. The van der Waals surface area contributed by atoms with E-state index in [0.29, 0.717) is 0 Å². The first-order valence-corrected chi connectivity index (χ1v) is 4.49. The number of halogens is 3. The van der Waals surface area contributed by atoms with Crippen LogP contribution in [0.5, 0.6) is 0 Å². The van der Waals surface area contributed by atoms with Gasteiger partial charge in [0.05, 0.1) is 17.2 Å². The molecule has 0 radical (unpaired) electrons. The van der Waals surface area contributed by atoms with Gasteiger partial charge >= 0.3 is 0 Å². The van der Waals surface area contributed by atoms with E-state index in [1.54, 1.807) is 0 Å². The standard InChI is InChI=1S/C7H5BrF2N2O3/c8-5-1-4(12(14)15)6(7(9)10)3(2-13)11-5/h1,7,13H,2H2. The summed E-state index contributed by atoms with van der Waals surface area (Å²) in [5.74, 6) is 0. The van der Waals surface area contributed by atoms with Crippen molar-refractivity contribution in [2.75, 3.05) is 0 Å². The molecule has 8 heteroatoms. The topological polar surface area (TPSA) is 76.3 Å². The van der Waals surface area contributed by atoms with Gasteiger partial charge in [-0.1, -0.05) is 0 Å². The van der Waals surface area contributed by atoms with Crippen LogP contribution in [0.2, 0.25) is 0 Å². The third-order valence-corrected chi connectivity index (χ3v) is 2.06.